The molecule has 1 atom stereocenters. The van der Waals surface area contributed by atoms with Crippen LogP contribution in [0.2, 0.25) is 5.02 Å². The molecule has 1 aromatic heterocycles. The molecule has 0 saturated heterocycles. The zero-order valence-electron chi connectivity index (χ0n) is 12.0. The van der Waals surface area contributed by atoms with Crippen LogP contribution in [0.15, 0.2) is 11.0 Å². The van der Waals surface area contributed by atoms with Crippen molar-refractivity contribution in [1.29, 1.82) is 0 Å². The van der Waals surface area contributed by atoms with Crippen LogP contribution in [0.1, 0.15) is 6.92 Å². The summed E-state index contributed by atoms with van der Waals surface area (Å²) >= 11 is 5.99. The molecule has 112 valence electrons. The topological polar surface area (TPSA) is 76.5 Å². The maximum Gasteiger partial charge on any atom is 0.327 e. The van der Waals surface area contributed by atoms with Crippen LogP contribution in [0.25, 0.3) is 0 Å². The fourth-order valence-corrected chi connectivity index (χ4v) is 1.54. The fourth-order valence-electron chi connectivity index (χ4n) is 1.33. The van der Waals surface area contributed by atoms with Gasteiger partial charge in [-0.15, -0.1) is 0 Å². The van der Waals surface area contributed by atoms with Crippen molar-refractivity contribution >= 4 is 23.3 Å². The van der Waals surface area contributed by atoms with E-state index in [1.807, 2.05) is 25.9 Å². The number of hydrogen-bond donors (Lipinski definition) is 1. The average molecular weight is 303 g/mol. The van der Waals surface area contributed by atoms with Crippen LogP contribution in [-0.4, -0.2) is 54.4 Å². The molecule has 1 aromatic rings. The Kier molecular flexibility index (Phi) is 5.97. The SMILES string of the molecule is COC(=O)Cn1ncc(NCC(C)N(C)C)c(Cl)c1=O. The number of anilines is 1. The first kappa shape index (κ1) is 16.5. The molecular formula is C12H19ClN4O3. The Morgan fingerprint density at radius 1 is 1.60 bits per heavy atom. The van der Waals surface area contributed by atoms with E-state index in [0.29, 0.717) is 12.2 Å². The Bertz CT molecular complexity index is 530. The number of halogens is 1. The molecule has 0 spiro atoms. The highest BCUT2D eigenvalue weighted by atomic mass is 35.5. The van der Waals surface area contributed by atoms with Gasteiger partial charge in [0.05, 0.1) is 19.0 Å². The third-order valence-electron chi connectivity index (χ3n) is 2.96. The van der Waals surface area contributed by atoms with E-state index < -0.39 is 11.5 Å². The van der Waals surface area contributed by atoms with E-state index in [4.69, 9.17) is 11.6 Å². The van der Waals surface area contributed by atoms with Crippen molar-refractivity contribution in [3.8, 4) is 0 Å². The van der Waals surface area contributed by atoms with Crippen LogP contribution >= 0.6 is 11.6 Å². The van der Waals surface area contributed by atoms with Crippen LogP contribution in [0.3, 0.4) is 0 Å². The fraction of sp³-hybridized carbons (Fsp3) is 0.583. The number of methoxy groups -OCH3 is 1. The second kappa shape index (κ2) is 7.25. The number of carbonyl (C=O) groups excluding carboxylic acids is 1. The number of hydrogen-bond acceptors (Lipinski definition) is 6. The Morgan fingerprint density at radius 2 is 2.25 bits per heavy atom. The molecule has 8 heteroatoms. The predicted molar refractivity (Wildman–Crippen MR) is 77.2 cm³/mol. The van der Waals surface area contributed by atoms with Crippen molar-refractivity contribution in [2.75, 3.05) is 33.1 Å². The Balaban J connectivity index is 2.84. The van der Waals surface area contributed by atoms with Crippen molar-refractivity contribution in [3.05, 3.63) is 21.6 Å². The van der Waals surface area contributed by atoms with E-state index in [-0.39, 0.29) is 17.6 Å². The lowest BCUT2D eigenvalue weighted by Gasteiger charge is -2.20. The molecule has 0 bridgehead atoms. The van der Waals surface area contributed by atoms with E-state index in [1.165, 1.54) is 13.3 Å². The molecule has 0 aliphatic carbocycles. The van der Waals surface area contributed by atoms with Gasteiger partial charge >= 0.3 is 5.97 Å². The molecule has 0 aromatic carbocycles. The molecule has 1 heterocycles. The quantitative estimate of drug-likeness (QED) is 0.768. The number of esters is 1. The lowest BCUT2D eigenvalue weighted by atomic mass is 10.3. The number of rotatable bonds is 6. The monoisotopic (exact) mass is 302 g/mol. The maximum atomic E-state index is 11.9. The largest absolute Gasteiger partial charge is 0.468 e. The molecule has 0 aliphatic heterocycles. The minimum absolute atomic E-state index is 0.00913. The third-order valence-corrected chi connectivity index (χ3v) is 3.33. The smallest absolute Gasteiger partial charge is 0.327 e. The number of ether oxygens (including phenoxy) is 1. The van der Waals surface area contributed by atoms with E-state index in [0.717, 1.165) is 4.68 Å². The van der Waals surface area contributed by atoms with Gasteiger partial charge in [0.25, 0.3) is 5.56 Å². The summed E-state index contributed by atoms with van der Waals surface area (Å²) in [5, 5.41) is 6.97. The van der Waals surface area contributed by atoms with Gasteiger partial charge in [0, 0.05) is 12.6 Å². The molecular weight excluding hydrogens is 284 g/mol. The van der Waals surface area contributed by atoms with Gasteiger partial charge < -0.3 is 15.0 Å². The maximum absolute atomic E-state index is 11.9. The van der Waals surface area contributed by atoms with Gasteiger partial charge in [-0.25, -0.2) is 4.68 Å². The van der Waals surface area contributed by atoms with E-state index >= 15 is 0 Å². The van der Waals surface area contributed by atoms with Crippen LogP contribution in [0.4, 0.5) is 5.69 Å². The zero-order chi connectivity index (χ0) is 15.3. The summed E-state index contributed by atoms with van der Waals surface area (Å²) in [4.78, 5) is 25.1. The summed E-state index contributed by atoms with van der Waals surface area (Å²) in [5.41, 5.74) is -0.0777. The lowest BCUT2D eigenvalue weighted by Crippen LogP contribution is -2.33. The van der Waals surface area contributed by atoms with E-state index in [9.17, 15) is 9.59 Å². The molecule has 0 saturated carbocycles. The molecule has 1 rings (SSSR count). The Labute approximate surface area is 122 Å². The molecule has 7 nitrogen and oxygen atoms in total. The first-order valence-electron chi connectivity index (χ1n) is 6.09. The summed E-state index contributed by atoms with van der Waals surface area (Å²) in [7, 11) is 5.16. The molecule has 0 radical (unpaired) electrons. The van der Waals surface area contributed by atoms with Crippen LogP contribution < -0.4 is 10.9 Å². The number of nitrogens with one attached hydrogen (secondary N) is 1. The van der Waals surface area contributed by atoms with Gasteiger partial charge in [-0.2, -0.15) is 5.10 Å². The number of nitrogens with zero attached hydrogens (tertiary/aromatic N) is 3. The lowest BCUT2D eigenvalue weighted by molar-refractivity contribution is -0.141. The van der Waals surface area contributed by atoms with Crippen LogP contribution in [0.5, 0.6) is 0 Å². The summed E-state index contributed by atoms with van der Waals surface area (Å²) in [6, 6.07) is 0.267. The highest BCUT2D eigenvalue weighted by molar-refractivity contribution is 6.32. The first-order chi connectivity index (χ1) is 9.36. The first-order valence-corrected chi connectivity index (χ1v) is 6.47. The average Bonchev–Trinajstić information content (AvgIpc) is 2.42. The molecule has 1 unspecified atom stereocenters. The summed E-state index contributed by atoms with van der Waals surface area (Å²) in [5.74, 6) is -0.558. The van der Waals surface area contributed by atoms with Gasteiger partial charge in [0.2, 0.25) is 0 Å². The highest BCUT2D eigenvalue weighted by Crippen LogP contribution is 2.15. The minimum Gasteiger partial charge on any atom is -0.468 e. The summed E-state index contributed by atoms with van der Waals surface area (Å²) < 4.78 is 5.45. The molecule has 1 N–H and O–H groups in total. The van der Waals surface area contributed by atoms with Crippen molar-refractivity contribution in [3.63, 3.8) is 0 Å². The predicted octanol–water partition coefficient (Wildman–Crippen LogP) is 0.432. The standard InChI is InChI=1S/C12H19ClN4O3/c1-8(16(2)3)5-14-9-6-15-17(7-10(18)20-4)12(19)11(9)13/h6,8,14H,5,7H2,1-4H3. The van der Waals surface area contributed by atoms with Crippen molar-refractivity contribution in [2.45, 2.75) is 19.5 Å². The molecule has 0 fully saturated rings. The Hall–Kier alpha value is -1.60. The second-order valence-corrected chi connectivity index (χ2v) is 4.98. The second-order valence-electron chi connectivity index (χ2n) is 4.60. The van der Waals surface area contributed by atoms with Crippen LogP contribution in [0, 0.1) is 0 Å². The number of likely N-dealkylation sites (N-methyl/N-ethyl adjacent to an activating group) is 1. The Morgan fingerprint density at radius 3 is 2.80 bits per heavy atom. The van der Waals surface area contributed by atoms with Crippen molar-refractivity contribution in [2.24, 2.45) is 0 Å². The van der Waals surface area contributed by atoms with Crippen molar-refractivity contribution < 1.29 is 9.53 Å². The molecule has 0 aliphatic rings. The van der Waals surface area contributed by atoms with Crippen molar-refractivity contribution in [1.82, 2.24) is 14.7 Å². The zero-order valence-corrected chi connectivity index (χ0v) is 12.8. The van der Waals surface area contributed by atoms with E-state index in [1.54, 1.807) is 0 Å². The third kappa shape index (κ3) is 4.21. The van der Waals surface area contributed by atoms with Gasteiger partial charge in [-0.3, -0.25) is 9.59 Å². The van der Waals surface area contributed by atoms with Crippen LogP contribution in [-0.2, 0) is 16.1 Å². The summed E-state index contributed by atoms with van der Waals surface area (Å²) in [6.45, 7) is 2.39. The molecule has 0 amide bonds. The highest BCUT2D eigenvalue weighted by Gasteiger charge is 2.13. The van der Waals surface area contributed by atoms with Gasteiger partial charge in [0.15, 0.2) is 0 Å². The molecule has 20 heavy (non-hydrogen) atoms. The van der Waals surface area contributed by atoms with E-state index in [2.05, 4.69) is 15.2 Å². The normalized spacial score (nSPS) is 12.3. The number of aromatic nitrogens is 2. The van der Waals surface area contributed by atoms with Gasteiger partial charge in [0.1, 0.15) is 11.6 Å². The minimum atomic E-state index is -0.558. The van der Waals surface area contributed by atoms with Gasteiger partial charge in [-0.1, -0.05) is 11.6 Å². The summed E-state index contributed by atoms with van der Waals surface area (Å²) in [6.07, 6.45) is 1.43. The number of carbonyl (C=O) groups is 1. The van der Waals surface area contributed by atoms with Gasteiger partial charge in [-0.05, 0) is 21.0 Å².